The normalized spacial score (nSPS) is 33.1. The van der Waals surface area contributed by atoms with Crippen LogP contribution in [0, 0.1) is 5.41 Å². The second-order valence-corrected chi connectivity index (χ2v) is 9.28. The Morgan fingerprint density at radius 1 is 1.40 bits per heavy atom. The summed E-state index contributed by atoms with van der Waals surface area (Å²) in [6, 6.07) is -0.198. The number of rotatable bonds is 3. The molecule has 20 heavy (non-hydrogen) atoms. The molecule has 6 heteroatoms. The molecular weight excluding hydrogens is 276 g/mol. The molecule has 0 aromatic heterocycles. The van der Waals surface area contributed by atoms with E-state index in [-0.39, 0.29) is 28.4 Å². The molecular formula is C14H26N2O3S. The maximum absolute atomic E-state index is 12.5. The lowest BCUT2D eigenvalue weighted by atomic mass is 9.83. The average Bonchev–Trinajstić information content (AvgIpc) is 2.64. The van der Waals surface area contributed by atoms with Gasteiger partial charge in [-0.25, -0.2) is 8.42 Å². The highest BCUT2D eigenvalue weighted by Crippen LogP contribution is 2.31. The van der Waals surface area contributed by atoms with E-state index in [2.05, 4.69) is 19.2 Å². The summed E-state index contributed by atoms with van der Waals surface area (Å²) in [6.07, 6.45) is 3.15. The molecule has 2 aliphatic rings. The molecule has 1 amide bonds. The Kier molecular flexibility index (Phi) is 4.44. The third kappa shape index (κ3) is 3.34. The molecule has 0 bridgehead atoms. The molecule has 2 fully saturated rings. The molecule has 0 radical (unpaired) electrons. The van der Waals surface area contributed by atoms with Gasteiger partial charge in [0.2, 0.25) is 5.91 Å². The summed E-state index contributed by atoms with van der Waals surface area (Å²) in [4.78, 5) is 14.3. The van der Waals surface area contributed by atoms with Crippen molar-refractivity contribution in [3.63, 3.8) is 0 Å². The summed E-state index contributed by atoms with van der Waals surface area (Å²) in [5, 5.41) is 2.73. The van der Waals surface area contributed by atoms with Crippen LogP contribution >= 0.6 is 0 Å². The third-order valence-electron chi connectivity index (χ3n) is 4.66. The largest absolute Gasteiger partial charge is 0.340 e. The Labute approximate surface area is 122 Å². The lowest BCUT2D eigenvalue weighted by Gasteiger charge is -2.26. The Bertz CT molecular complexity index is 473. The van der Waals surface area contributed by atoms with E-state index in [1.807, 2.05) is 0 Å². The second-order valence-electron chi connectivity index (χ2n) is 6.88. The van der Waals surface area contributed by atoms with Gasteiger partial charge in [-0.1, -0.05) is 13.8 Å². The van der Waals surface area contributed by atoms with E-state index in [4.69, 9.17) is 0 Å². The minimum Gasteiger partial charge on any atom is -0.340 e. The van der Waals surface area contributed by atoms with E-state index in [0.29, 0.717) is 19.5 Å². The first-order valence-electron chi connectivity index (χ1n) is 7.43. The van der Waals surface area contributed by atoms with E-state index in [1.165, 1.54) is 0 Å². The summed E-state index contributed by atoms with van der Waals surface area (Å²) in [7, 11) is -1.19. The first-order valence-corrected chi connectivity index (χ1v) is 9.14. The van der Waals surface area contributed by atoms with Crippen molar-refractivity contribution in [1.29, 1.82) is 0 Å². The maximum atomic E-state index is 12.5. The summed E-state index contributed by atoms with van der Waals surface area (Å²) in [5.74, 6) is 0.334. The van der Waals surface area contributed by atoms with Gasteiger partial charge in [-0.2, -0.15) is 0 Å². The molecule has 5 nitrogen and oxygen atoms in total. The van der Waals surface area contributed by atoms with Gasteiger partial charge >= 0.3 is 0 Å². The zero-order chi connectivity index (χ0) is 15.0. The third-order valence-corrected chi connectivity index (χ3v) is 6.92. The van der Waals surface area contributed by atoms with Crippen molar-refractivity contribution in [3.8, 4) is 0 Å². The molecule has 0 aromatic carbocycles. The van der Waals surface area contributed by atoms with Crippen molar-refractivity contribution in [3.05, 3.63) is 0 Å². The molecule has 2 aliphatic heterocycles. The summed E-state index contributed by atoms with van der Waals surface area (Å²) in [5.41, 5.74) is 0.104. The number of hydrogen-bond donors (Lipinski definition) is 1. The van der Waals surface area contributed by atoms with E-state index in [1.54, 1.807) is 11.9 Å². The van der Waals surface area contributed by atoms with Gasteiger partial charge < -0.3 is 10.2 Å². The number of hydrogen-bond acceptors (Lipinski definition) is 4. The topological polar surface area (TPSA) is 66.5 Å². The van der Waals surface area contributed by atoms with E-state index in [0.717, 1.165) is 19.3 Å². The first-order chi connectivity index (χ1) is 9.25. The molecule has 0 spiro atoms. The van der Waals surface area contributed by atoms with Crippen LogP contribution in [-0.4, -0.2) is 56.4 Å². The van der Waals surface area contributed by atoms with Gasteiger partial charge in [-0.3, -0.25) is 4.79 Å². The monoisotopic (exact) mass is 302 g/mol. The van der Waals surface area contributed by atoms with Crippen molar-refractivity contribution in [2.75, 3.05) is 25.9 Å². The quantitative estimate of drug-likeness (QED) is 0.837. The van der Waals surface area contributed by atoms with Gasteiger partial charge in [0.05, 0.1) is 17.0 Å². The molecule has 1 N–H and O–H groups in total. The summed E-state index contributed by atoms with van der Waals surface area (Å²) in [6.45, 7) is 5.37. The van der Waals surface area contributed by atoms with Crippen LogP contribution in [0.2, 0.25) is 0 Å². The molecule has 2 saturated heterocycles. The minimum atomic E-state index is -2.99. The molecule has 0 aromatic rings. The van der Waals surface area contributed by atoms with Crippen molar-refractivity contribution < 1.29 is 13.2 Å². The maximum Gasteiger partial charge on any atom is 0.239 e. The van der Waals surface area contributed by atoms with Gasteiger partial charge in [-0.15, -0.1) is 0 Å². The van der Waals surface area contributed by atoms with Crippen LogP contribution in [-0.2, 0) is 14.6 Å². The first kappa shape index (κ1) is 15.8. The number of carbonyl (C=O) groups excluding carboxylic acids is 1. The molecule has 0 aliphatic carbocycles. The molecule has 2 atom stereocenters. The lowest BCUT2D eigenvalue weighted by Crippen LogP contribution is -2.47. The van der Waals surface area contributed by atoms with Crippen LogP contribution in [0.25, 0.3) is 0 Å². The molecule has 0 saturated carbocycles. The predicted octanol–water partition coefficient (Wildman–Crippen LogP) is 0.800. The summed E-state index contributed by atoms with van der Waals surface area (Å²) < 4.78 is 23.9. The highest BCUT2D eigenvalue weighted by molar-refractivity contribution is 7.92. The zero-order valence-electron chi connectivity index (χ0n) is 12.7. The number of likely N-dealkylation sites (N-methyl/N-ethyl adjacent to an activating group) is 1. The van der Waals surface area contributed by atoms with Crippen LogP contribution in [0.3, 0.4) is 0 Å². The van der Waals surface area contributed by atoms with E-state index < -0.39 is 9.84 Å². The second kappa shape index (κ2) is 5.64. The van der Waals surface area contributed by atoms with Gasteiger partial charge in [0, 0.05) is 13.1 Å². The fourth-order valence-electron chi connectivity index (χ4n) is 3.23. The Morgan fingerprint density at radius 3 is 2.65 bits per heavy atom. The number of carbonyl (C=O) groups is 1. The van der Waals surface area contributed by atoms with Crippen molar-refractivity contribution in [2.24, 2.45) is 5.41 Å². The summed E-state index contributed by atoms with van der Waals surface area (Å²) >= 11 is 0. The van der Waals surface area contributed by atoms with Crippen LogP contribution < -0.4 is 5.32 Å². The highest BCUT2D eigenvalue weighted by Gasteiger charge is 2.38. The zero-order valence-corrected chi connectivity index (χ0v) is 13.5. The molecule has 2 unspecified atom stereocenters. The van der Waals surface area contributed by atoms with E-state index >= 15 is 0 Å². The van der Waals surface area contributed by atoms with Gasteiger partial charge in [0.15, 0.2) is 9.84 Å². The smallest absolute Gasteiger partial charge is 0.239 e. The standard InChI is InChI=1S/C14H26N2O3S/c1-14(2)6-7-16(13(17)12(9-14)15-3)10-11-5-4-8-20(11,18)19/h11-12,15H,4-10H2,1-3H3. The van der Waals surface area contributed by atoms with E-state index in [9.17, 15) is 13.2 Å². The van der Waals surface area contributed by atoms with Crippen LogP contribution in [0.1, 0.15) is 39.5 Å². The number of sulfone groups is 1. The fourth-order valence-corrected chi connectivity index (χ4v) is 5.06. The van der Waals surface area contributed by atoms with Crippen LogP contribution in [0.5, 0.6) is 0 Å². The van der Waals surface area contributed by atoms with Crippen molar-refractivity contribution in [2.45, 2.75) is 50.8 Å². The van der Waals surface area contributed by atoms with Crippen molar-refractivity contribution >= 4 is 15.7 Å². The van der Waals surface area contributed by atoms with Gasteiger partial charge in [0.25, 0.3) is 0 Å². The Morgan fingerprint density at radius 2 is 2.10 bits per heavy atom. The number of nitrogens with zero attached hydrogens (tertiary/aromatic N) is 1. The molecule has 2 rings (SSSR count). The van der Waals surface area contributed by atoms with Crippen molar-refractivity contribution in [1.82, 2.24) is 10.2 Å². The molecule has 116 valence electrons. The number of amides is 1. The minimum absolute atomic E-state index is 0.0557. The SMILES string of the molecule is CNC1CC(C)(C)CCN(CC2CCCS2(=O)=O)C1=O. The van der Waals surface area contributed by atoms with Crippen LogP contribution in [0.15, 0.2) is 0 Å². The number of likely N-dealkylation sites (tertiary alicyclic amines) is 1. The van der Waals surface area contributed by atoms with Gasteiger partial charge in [0.1, 0.15) is 0 Å². The predicted molar refractivity (Wildman–Crippen MR) is 79.3 cm³/mol. The molecule has 2 heterocycles. The van der Waals surface area contributed by atoms with Gasteiger partial charge in [-0.05, 0) is 38.1 Å². The highest BCUT2D eigenvalue weighted by atomic mass is 32.2. The number of nitrogens with one attached hydrogen (secondary N) is 1. The Hall–Kier alpha value is -0.620. The Balaban J connectivity index is 2.12. The average molecular weight is 302 g/mol. The fraction of sp³-hybridized carbons (Fsp3) is 0.929. The lowest BCUT2D eigenvalue weighted by molar-refractivity contribution is -0.132. The van der Waals surface area contributed by atoms with Crippen LogP contribution in [0.4, 0.5) is 0 Å².